The second kappa shape index (κ2) is 6.80. The van der Waals surface area contributed by atoms with Crippen LogP contribution in [0.25, 0.3) is 0 Å². The molecule has 98 valence electrons. The van der Waals surface area contributed by atoms with Gasteiger partial charge in [-0.05, 0) is 29.9 Å². The molecule has 2 rings (SSSR count). The molecule has 1 aromatic carbocycles. The minimum absolute atomic E-state index is 0.271. The summed E-state index contributed by atoms with van der Waals surface area (Å²) in [5.41, 5.74) is 1.49. The molecule has 0 amide bonds. The van der Waals surface area contributed by atoms with Gasteiger partial charge in [0.1, 0.15) is 5.82 Å². The molecular weight excluding hydrogens is 261 g/mol. The molecule has 0 fully saturated rings. The summed E-state index contributed by atoms with van der Waals surface area (Å²) in [6.45, 7) is 0.907. The van der Waals surface area contributed by atoms with E-state index in [1.54, 1.807) is 12.3 Å². The van der Waals surface area contributed by atoms with Crippen molar-refractivity contribution in [2.45, 2.75) is 13.1 Å². The van der Waals surface area contributed by atoms with Gasteiger partial charge in [0.05, 0.1) is 12.2 Å². The molecule has 1 heterocycles. The highest BCUT2D eigenvalue weighted by Crippen LogP contribution is 2.01. The van der Waals surface area contributed by atoms with Crippen LogP contribution in [0.4, 0.5) is 4.39 Å². The first-order valence-corrected chi connectivity index (χ1v) is 6.31. The Bertz CT molecular complexity index is 545. The normalized spacial score (nSPS) is 9.95. The number of benzene rings is 1. The Labute approximate surface area is 116 Å². The smallest absolute Gasteiger partial charge is 0.166 e. The number of nitrogens with zero attached hydrogens (tertiary/aromatic N) is 1. The first-order chi connectivity index (χ1) is 9.25. The van der Waals surface area contributed by atoms with Crippen molar-refractivity contribution >= 4 is 17.3 Å². The van der Waals surface area contributed by atoms with E-state index in [1.165, 1.54) is 6.07 Å². The standard InChI is InChI=1S/C14H14FN3S/c15-12-7-4-8-16-13(12)10-18-14(19)17-9-11-5-2-1-3-6-11/h1-8H,9-10H2,(H2,17,18,19). The highest BCUT2D eigenvalue weighted by atomic mass is 32.1. The van der Waals surface area contributed by atoms with Crippen LogP contribution in [0.15, 0.2) is 48.7 Å². The van der Waals surface area contributed by atoms with Crippen molar-refractivity contribution in [2.75, 3.05) is 0 Å². The molecule has 0 atom stereocenters. The molecule has 2 aromatic rings. The van der Waals surface area contributed by atoms with Crippen molar-refractivity contribution in [1.82, 2.24) is 15.6 Å². The van der Waals surface area contributed by atoms with Gasteiger partial charge in [0, 0.05) is 12.7 Å². The number of hydrogen-bond acceptors (Lipinski definition) is 2. The summed E-state index contributed by atoms with van der Waals surface area (Å²) in [5, 5.41) is 6.47. The third-order valence-electron chi connectivity index (χ3n) is 2.55. The van der Waals surface area contributed by atoms with Crippen molar-refractivity contribution in [1.29, 1.82) is 0 Å². The lowest BCUT2D eigenvalue weighted by Crippen LogP contribution is -2.34. The molecule has 0 spiro atoms. The van der Waals surface area contributed by atoms with Gasteiger partial charge in [0.15, 0.2) is 5.11 Å². The Morgan fingerprint density at radius 1 is 1.05 bits per heavy atom. The van der Waals surface area contributed by atoms with Gasteiger partial charge in [-0.2, -0.15) is 0 Å². The largest absolute Gasteiger partial charge is 0.359 e. The average molecular weight is 275 g/mol. The Morgan fingerprint density at radius 2 is 1.79 bits per heavy atom. The minimum atomic E-state index is -0.333. The average Bonchev–Trinajstić information content (AvgIpc) is 2.45. The predicted molar refractivity (Wildman–Crippen MR) is 76.9 cm³/mol. The highest BCUT2D eigenvalue weighted by molar-refractivity contribution is 7.80. The van der Waals surface area contributed by atoms with Crippen LogP contribution >= 0.6 is 12.2 Å². The van der Waals surface area contributed by atoms with E-state index in [2.05, 4.69) is 15.6 Å². The van der Waals surface area contributed by atoms with E-state index < -0.39 is 0 Å². The fourth-order valence-corrected chi connectivity index (χ4v) is 1.70. The monoisotopic (exact) mass is 275 g/mol. The molecule has 0 saturated heterocycles. The molecule has 0 unspecified atom stereocenters. The summed E-state index contributed by atoms with van der Waals surface area (Å²) < 4.78 is 13.3. The number of hydrogen-bond donors (Lipinski definition) is 2. The summed E-state index contributed by atoms with van der Waals surface area (Å²) in [6, 6.07) is 12.9. The first kappa shape index (κ1) is 13.4. The summed E-state index contributed by atoms with van der Waals surface area (Å²) in [4.78, 5) is 3.94. The third kappa shape index (κ3) is 4.30. The van der Waals surface area contributed by atoms with Crippen LogP contribution in [0.5, 0.6) is 0 Å². The van der Waals surface area contributed by atoms with Gasteiger partial charge in [0.25, 0.3) is 0 Å². The Morgan fingerprint density at radius 3 is 2.53 bits per heavy atom. The van der Waals surface area contributed by atoms with E-state index in [-0.39, 0.29) is 12.4 Å². The molecule has 0 aliphatic heterocycles. The molecular formula is C14H14FN3S. The van der Waals surface area contributed by atoms with E-state index >= 15 is 0 Å². The summed E-state index contributed by atoms with van der Waals surface area (Å²) in [5.74, 6) is -0.333. The van der Waals surface area contributed by atoms with E-state index in [4.69, 9.17) is 12.2 Å². The van der Waals surface area contributed by atoms with Crippen LogP contribution < -0.4 is 10.6 Å². The number of aromatic nitrogens is 1. The molecule has 3 nitrogen and oxygen atoms in total. The number of thiocarbonyl (C=S) groups is 1. The second-order valence-electron chi connectivity index (χ2n) is 3.95. The predicted octanol–water partition coefficient (Wildman–Crippen LogP) is 2.39. The maximum absolute atomic E-state index is 13.3. The Balaban J connectivity index is 1.78. The van der Waals surface area contributed by atoms with Gasteiger partial charge in [0.2, 0.25) is 0 Å². The first-order valence-electron chi connectivity index (χ1n) is 5.91. The molecule has 0 saturated carbocycles. The summed E-state index contributed by atoms with van der Waals surface area (Å²) in [6.07, 6.45) is 1.56. The van der Waals surface area contributed by atoms with Crippen LogP contribution in [0.1, 0.15) is 11.3 Å². The third-order valence-corrected chi connectivity index (χ3v) is 2.84. The van der Waals surface area contributed by atoms with Crippen molar-refractivity contribution in [2.24, 2.45) is 0 Å². The molecule has 5 heteroatoms. The van der Waals surface area contributed by atoms with Crippen LogP contribution in [-0.2, 0) is 13.1 Å². The summed E-state index contributed by atoms with van der Waals surface area (Å²) >= 11 is 5.12. The Hall–Kier alpha value is -2.01. The van der Waals surface area contributed by atoms with Crippen molar-refractivity contribution < 1.29 is 4.39 Å². The summed E-state index contributed by atoms with van der Waals surface area (Å²) in [7, 11) is 0. The molecule has 0 aliphatic carbocycles. The lowest BCUT2D eigenvalue weighted by molar-refractivity contribution is 0.593. The van der Waals surface area contributed by atoms with E-state index in [0.29, 0.717) is 17.4 Å². The topological polar surface area (TPSA) is 37.0 Å². The molecule has 1 aromatic heterocycles. The lowest BCUT2D eigenvalue weighted by atomic mass is 10.2. The van der Waals surface area contributed by atoms with Gasteiger partial charge in [-0.15, -0.1) is 0 Å². The number of halogens is 1. The molecule has 19 heavy (non-hydrogen) atoms. The van der Waals surface area contributed by atoms with Crippen molar-refractivity contribution in [3.63, 3.8) is 0 Å². The zero-order chi connectivity index (χ0) is 13.5. The van der Waals surface area contributed by atoms with Gasteiger partial charge >= 0.3 is 0 Å². The molecule has 0 aliphatic rings. The van der Waals surface area contributed by atoms with E-state index in [0.717, 1.165) is 5.56 Å². The Kier molecular flexibility index (Phi) is 4.80. The quantitative estimate of drug-likeness (QED) is 0.840. The van der Waals surface area contributed by atoms with Crippen molar-refractivity contribution in [3.8, 4) is 0 Å². The fourth-order valence-electron chi connectivity index (χ4n) is 1.55. The van der Waals surface area contributed by atoms with Crippen molar-refractivity contribution in [3.05, 3.63) is 65.7 Å². The van der Waals surface area contributed by atoms with Crippen LogP contribution in [-0.4, -0.2) is 10.1 Å². The maximum Gasteiger partial charge on any atom is 0.166 e. The van der Waals surface area contributed by atoms with Crippen LogP contribution in [0.3, 0.4) is 0 Å². The van der Waals surface area contributed by atoms with E-state index in [1.807, 2.05) is 30.3 Å². The maximum atomic E-state index is 13.3. The van der Waals surface area contributed by atoms with Gasteiger partial charge in [-0.25, -0.2) is 4.39 Å². The van der Waals surface area contributed by atoms with Gasteiger partial charge in [-0.3, -0.25) is 4.98 Å². The number of rotatable bonds is 4. The molecule has 0 radical (unpaired) electrons. The van der Waals surface area contributed by atoms with E-state index in [9.17, 15) is 4.39 Å². The molecule has 2 N–H and O–H groups in total. The fraction of sp³-hybridized carbons (Fsp3) is 0.143. The second-order valence-corrected chi connectivity index (χ2v) is 4.36. The highest BCUT2D eigenvalue weighted by Gasteiger charge is 2.03. The van der Waals surface area contributed by atoms with Crippen LogP contribution in [0, 0.1) is 5.82 Å². The zero-order valence-electron chi connectivity index (χ0n) is 10.3. The van der Waals surface area contributed by atoms with Gasteiger partial charge in [-0.1, -0.05) is 30.3 Å². The molecule has 0 bridgehead atoms. The minimum Gasteiger partial charge on any atom is -0.359 e. The number of nitrogens with one attached hydrogen (secondary N) is 2. The lowest BCUT2D eigenvalue weighted by Gasteiger charge is -2.10. The SMILES string of the molecule is Fc1cccnc1CNC(=S)NCc1ccccc1. The zero-order valence-corrected chi connectivity index (χ0v) is 11.1. The van der Waals surface area contributed by atoms with Gasteiger partial charge < -0.3 is 10.6 Å². The number of pyridine rings is 1. The van der Waals surface area contributed by atoms with Crippen LogP contribution in [0.2, 0.25) is 0 Å².